The number of nitrogens with one attached hydrogen (secondary N) is 1. The zero-order valence-corrected chi connectivity index (χ0v) is 10.3. The molecule has 1 aliphatic rings. The van der Waals surface area contributed by atoms with Gasteiger partial charge < -0.3 is 15.2 Å². The summed E-state index contributed by atoms with van der Waals surface area (Å²) in [5.41, 5.74) is 0.543. The van der Waals surface area contributed by atoms with Gasteiger partial charge in [-0.15, -0.1) is 0 Å². The van der Waals surface area contributed by atoms with Crippen LogP contribution >= 0.6 is 0 Å². The molecule has 0 atom stereocenters. The Morgan fingerprint density at radius 3 is 2.58 bits per heavy atom. The van der Waals surface area contributed by atoms with Gasteiger partial charge in [0.2, 0.25) is 0 Å². The normalized spacial score (nSPS) is 17.9. The third-order valence-corrected chi connectivity index (χ3v) is 3.15. The lowest BCUT2D eigenvalue weighted by atomic mass is 9.87. The highest BCUT2D eigenvalue weighted by Gasteiger charge is 2.37. The number of ether oxygens (including phenoxy) is 1. The fourth-order valence-electron chi connectivity index (χ4n) is 1.95. The van der Waals surface area contributed by atoms with Crippen LogP contribution in [0.3, 0.4) is 0 Å². The van der Waals surface area contributed by atoms with Crippen molar-refractivity contribution in [3.63, 3.8) is 0 Å². The topological polar surface area (TPSA) is 41.5 Å². The zero-order valence-electron chi connectivity index (χ0n) is 10.3. The first-order valence-electron chi connectivity index (χ1n) is 6.01. The Labute approximate surface area is 109 Å². The van der Waals surface area contributed by atoms with Crippen LogP contribution in [0, 0.1) is 5.41 Å². The monoisotopic (exact) mass is 275 g/mol. The second-order valence-corrected chi connectivity index (χ2v) is 5.00. The highest BCUT2D eigenvalue weighted by molar-refractivity contribution is 5.46. The number of alkyl halides is 3. The largest absolute Gasteiger partial charge is 0.396 e. The molecule has 1 aromatic rings. The quantitative estimate of drug-likeness (QED) is 0.865. The first kappa shape index (κ1) is 14.1. The predicted octanol–water partition coefficient (Wildman–Crippen LogP) is 2.21. The Bertz CT molecular complexity index is 425. The van der Waals surface area contributed by atoms with E-state index in [2.05, 4.69) is 5.32 Å². The fraction of sp³-hybridized carbons (Fsp3) is 0.538. The number of hydrogen-bond donors (Lipinski definition) is 2. The summed E-state index contributed by atoms with van der Waals surface area (Å²) >= 11 is 0. The zero-order chi connectivity index (χ0) is 13.9. The molecule has 0 saturated carbocycles. The van der Waals surface area contributed by atoms with Gasteiger partial charge in [0.25, 0.3) is 0 Å². The second-order valence-electron chi connectivity index (χ2n) is 5.00. The van der Waals surface area contributed by atoms with E-state index in [-0.39, 0.29) is 17.6 Å². The third-order valence-electron chi connectivity index (χ3n) is 3.15. The molecule has 0 unspecified atom stereocenters. The molecule has 2 rings (SSSR count). The van der Waals surface area contributed by atoms with Gasteiger partial charge in [0.15, 0.2) is 0 Å². The van der Waals surface area contributed by atoms with Crippen molar-refractivity contribution in [2.24, 2.45) is 5.41 Å². The van der Waals surface area contributed by atoms with Crippen LogP contribution in [0.1, 0.15) is 5.56 Å². The van der Waals surface area contributed by atoms with Gasteiger partial charge in [-0.3, -0.25) is 0 Å². The molecule has 1 aliphatic heterocycles. The summed E-state index contributed by atoms with van der Waals surface area (Å²) in [5, 5.41) is 12.3. The Balaban J connectivity index is 1.95. The van der Waals surface area contributed by atoms with Gasteiger partial charge in [-0.1, -0.05) is 12.1 Å². The highest BCUT2D eigenvalue weighted by atomic mass is 19.4. The molecule has 6 heteroatoms. The second kappa shape index (κ2) is 5.38. The van der Waals surface area contributed by atoms with E-state index in [9.17, 15) is 18.3 Å². The van der Waals surface area contributed by atoms with Crippen molar-refractivity contribution in [2.45, 2.75) is 12.6 Å². The average Bonchev–Trinajstić information content (AvgIpc) is 2.26. The van der Waals surface area contributed by atoms with Crippen molar-refractivity contribution in [1.29, 1.82) is 0 Å². The van der Waals surface area contributed by atoms with Crippen molar-refractivity contribution in [3.8, 4) is 0 Å². The Morgan fingerprint density at radius 2 is 2.05 bits per heavy atom. The number of halogens is 3. The highest BCUT2D eigenvalue weighted by Crippen LogP contribution is 2.28. The van der Waals surface area contributed by atoms with E-state index in [0.717, 1.165) is 0 Å². The maximum atomic E-state index is 12.3. The molecule has 0 radical (unpaired) electrons. The Kier molecular flexibility index (Phi) is 4.01. The van der Waals surface area contributed by atoms with Crippen molar-refractivity contribution in [2.75, 3.05) is 31.7 Å². The standard InChI is InChI=1S/C13H16F3NO2/c14-13(15,16)5-10-2-1-3-11(4-10)17-6-12(7-18)8-19-9-12/h1-4,17-18H,5-9H2. The third kappa shape index (κ3) is 3.84. The number of aliphatic hydroxyl groups excluding tert-OH is 1. The van der Waals surface area contributed by atoms with Gasteiger partial charge >= 0.3 is 6.18 Å². The van der Waals surface area contributed by atoms with Crippen LogP contribution in [0.2, 0.25) is 0 Å². The summed E-state index contributed by atoms with van der Waals surface area (Å²) in [6.07, 6.45) is -5.14. The lowest BCUT2D eigenvalue weighted by Crippen LogP contribution is -2.50. The summed E-state index contributed by atoms with van der Waals surface area (Å²) in [5.74, 6) is 0. The first-order chi connectivity index (χ1) is 8.92. The average molecular weight is 275 g/mol. The molecular formula is C13H16F3NO2. The SMILES string of the molecule is OCC1(CNc2cccc(CC(F)(F)F)c2)COC1. The van der Waals surface area contributed by atoms with Crippen LogP contribution < -0.4 is 5.32 Å². The molecule has 1 aromatic carbocycles. The van der Waals surface area contributed by atoms with Crippen molar-refractivity contribution in [3.05, 3.63) is 29.8 Å². The number of aliphatic hydroxyl groups is 1. The van der Waals surface area contributed by atoms with Crippen LogP contribution in [0.15, 0.2) is 24.3 Å². The number of anilines is 1. The molecule has 1 saturated heterocycles. The minimum absolute atomic E-state index is 0.00222. The molecule has 1 heterocycles. The molecule has 2 N–H and O–H groups in total. The summed E-state index contributed by atoms with van der Waals surface area (Å²) in [6, 6.07) is 6.24. The minimum Gasteiger partial charge on any atom is -0.396 e. The molecular weight excluding hydrogens is 259 g/mol. The molecule has 0 aliphatic carbocycles. The lowest BCUT2D eigenvalue weighted by Gasteiger charge is -2.40. The molecule has 106 valence electrons. The summed E-state index contributed by atoms with van der Waals surface area (Å²) in [7, 11) is 0. The van der Waals surface area contributed by atoms with Gasteiger partial charge in [0, 0.05) is 12.2 Å². The number of rotatable bonds is 5. The lowest BCUT2D eigenvalue weighted by molar-refractivity contribution is -0.128. The van der Waals surface area contributed by atoms with Crippen LogP contribution in [-0.4, -0.2) is 37.6 Å². The summed E-state index contributed by atoms with van der Waals surface area (Å²) in [4.78, 5) is 0. The smallest absolute Gasteiger partial charge is 0.393 e. The molecule has 19 heavy (non-hydrogen) atoms. The van der Waals surface area contributed by atoms with E-state index in [1.165, 1.54) is 12.1 Å². The van der Waals surface area contributed by atoms with Crippen molar-refractivity contribution < 1.29 is 23.0 Å². The van der Waals surface area contributed by atoms with Crippen LogP contribution in [0.5, 0.6) is 0 Å². The predicted molar refractivity (Wildman–Crippen MR) is 65.0 cm³/mol. The molecule has 0 aromatic heterocycles. The Morgan fingerprint density at radius 1 is 1.32 bits per heavy atom. The number of benzene rings is 1. The van der Waals surface area contributed by atoms with E-state index in [1.54, 1.807) is 12.1 Å². The molecule has 0 amide bonds. The molecule has 1 fully saturated rings. The first-order valence-corrected chi connectivity index (χ1v) is 6.01. The van der Waals surface area contributed by atoms with E-state index in [1.807, 2.05) is 0 Å². The van der Waals surface area contributed by atoms with Crippen molar-refractivity contribution >= 4 is 5.69 Å². The maximum Gasteiger partial charge on any atom is 0.393 e. The van der Waals surface area contributed by atoms with Gasteiger partial charge in [0.05, 0.1) is 31.7 Å². The van der Waals surface area contributed by atoms with E-state index >= 15 is 0 Å². The van der Waals surface area contributed by atoms with Gasteiger partial charge in [-0.25, -0.2) is 0 Å². The van der Waals surface area contributed by atoms with Crippen LogP contribution in [0.4, 0.5) is 18.9 Å². The molecule has 0 bridgehead atoms. The summed E-state index contributed by atoms with van der Waals surface area (Å²) < 4.78 is 41.9. The summed E-state index contributed by atoms with van der Waals surface area (Å²) in [6.45, 7) is 1.43. The van der Waals surface area contributed by atoms with E-state index in [4.69, 9.17) is 4.74 Å². The molecule has 3 nitrogen and oxygen atoms in total. The van der Waals surface area contributed by atoms with Gasteiger partial charge in [0.1, 0.15) is 0 Å². The minimum atomic E-state index is -4.20. The fourth-order valence-corrected chi connectivity index (χ4v) is 1.95. The van der Waals surface area contributed by atoms with E-state index in [0.29, 0.717) is 25.4 Å². The maximum absolute atomic E-state index is 12.3. The Hall–Kier alpha value is -1.27. The van der Waals surface area contributed by atoms with Crippen LogP contribution in [-0.2, 0) is 11.2 Å². The van der Waals surface area contributed by atoms with Gasteiger partial charge in [-0.2, -0.15) is 13.2 Å². The number of hydrogen-bond acceptors (Lipinski definition) is 3. The van der Waals surface area contributed by atoms with Crippen molar-refractivity contribution in [1.82, 2.24) is 0 Å². The molecule has 0 spiro atoms. The van der Waals surface area contributed by atoms with Crippen LogP contribution in [0.25, 0.3) is 0 Å². The van der Waals surface area contributed by atoms with Gasteiger partial charge in [-0.05, 0) is 17.7 Å². The van der Waals surface area contributed by atoms with E-state index < -0.39 is 12.6 Å².